The second-order valence-corrected chi connectivity index (χ2v) is 2.14. The Hall–Kier alpha value is -0.120. The SMILES string of the molecule is CCOC(C)(C)ONC. The monoisotopic (exact) mass is 133 g/mol. The van der Waals surface area contributed by atoms with Crippen molar-refractivity contribution >= 4 is 0 Å². The molecule has 0 fully saturated rings. The van der Waals surface area contributed by atoms with E-state index in [0.29, 0.717) is 6.61 Å². The Bertz CT molecular complexity index is 65.5. The average Bonchev–Trinajstić information content (AvgIpc) is 1.64. The van der Waals surface area contributed by atoms with Crippen LogP contribution >= 0.6 is 0 Å². The quantitative estimate of drug-likeness (QED) is 0.456. The van der Waals surface area contributed by atoms with Crippen molar-refractivity contribution in [2.24, 2.45) is 0 Å². The largest absolute Gasteiger partial charge is 0.349 e. The fraction of sp³-hybridized carbons (Fsp3) is 1.00. The molecule has 0 aromatic carbocycles. The van der Waals surface area contributed by atoms with Crippen LogP contribution < -0.4 is 5.48 Å². The number of hydroxylamine groups is 1. The highest BCUT2D eigenvalue weighted by Crippen LogP contribution is 2.07. The summed E-state index contributed by atoms with van der Waals surface area (Å²) in [6.07, 6.45) is 0. The van der Waals surface area contributed by atoms with Crippen molar-refractivity contribution in [3.05, 3.63) is 0 Å². The van der Waals surface area contributed by atoms with Gasteiger partial charge in [0.2, 0.25) is 0 Å². The highest BCUT2D eigenvalue weighted by atomic mass is 16.8. The van der Waals surface area contributed by atoms with Crippen LogP contribution in [-0.4, -0.2) is 19.4 Å². The summed E-state index contributed by atoms with van der Waals surface area (Å²) in [6.45, 7) is 6.30. The molecule has 0 saturated heterocycles. The molecule has 0 amide bonds. The molecule has 0 aliphatic carbocycles. The zero-order valence-corrected chi connectivity index (χ0v) is 6.52. The lowest BCUT2D eigenvalue weighted by Gasteiger charge is -2.23. The molecule has 3 nitrogen and oxygen atoms in total. The summed E-state index contributed by atoms with van der Waals surface area (Å²) in [5.74, 6) is -0.510. The van der Waals surface area contributed by atoms with Crippen LogP contribution in [0.25, 0.3) is 0 Å². The van der Waals surface area contributed by atoms with Gasteiger partial charge < -0.3 is 4.74 Å². The second kappa shape index (κ2) is 3.82. The Labute approximate surface area is 56.3 Å². The van der Waals surface area contributed by atoms with Crippen LogP contribution in [0.2, 0.25) is 0 Å². The molecule has 0 radical (unpaired) electrons. The topological polar surface area (TPSA) is 30.5 Å². The minimum absolute atomic E-state index is 0.510. The third kappa shape index (κ3) is 4.39. The summed E-state index contributed by atoms with van der Waals surface area (Å²) in [5, 5.41) is 0. The first kappa shape index (κ1) is 8.88. The number of hydrogen-bond acceptors (Lipinski definition) is 3. The molecule has 56 valence electrons. The van der Waals surface area contributed by atoms with Crippen molar-refractivity contribution in [2.75, 3.05) is 13.7 Å². The third-order valence-corrected chi connectivity index (χ3v) is 0.840. The fourth-order valence-electron chi connectivity index (χ4n) is 0.623. The molecule has 0 rings (SSSR count). The van der Waals surface area contributed by atoms with E-state index in [9.17, 15) is 0 Å². The van der Waals surface area contributed by atoms with Gasteiger partial charge in [0, 0.05) is 13.7 Å². The van der Waals surface area contributed by atoms with Gasteiger partial charge in [0.25, 0.3) is 0 Å². The van der Waals surface area contributed by atoms with Gasteiger partial charge in [-0.25, -0.2) is 5.48 Å². The standard InChI is InChI=1S/C6H15NO2/c1-5-8-6(2,3)9-7-4/h7H,5H2,1-4H3. The van der Waals surface area contributed by atoms with E-state index in [0.717, 1.165) is 0 Å². The zero-order chi connectivity index (χ0) is 7.33. The maximum atomic E-state index is 5.18. The van der Waals surface area contributed by atoms with E-state index in [-0.39, 0.29) is 0 Å². The van der Waals surface area contributed by atoms with Crippen molar-refractivity contribution in [2.45, 2.75) is 26.6 Å². The normalized spacial score (nSPS) is 12.0. The predicted octanol–water partition coefficient (Wildman–Crippen LogP) is 0.910. The highest BCUT2D eigenvalue weighted by Gasteiger charge is 2.16. The summed E-state index contributed by atoms with van der Waals surface area (Å²) < 4.78 is 5.18. The van der Waals surface area contributed by atoms with E-state index in [4.69, 9.17) is 9.57 Å². The minimum Gasteiger partial charge on any atom is -0.349 e. The van der Waals surface area contributed by atoms with Crippen molar-refractivity contribution in [3.63, 3.8) is 0 Å². The predicted molar refractivity (Wildman–Crippen MR) is 35.8 cm³/mol. The summed E-state index contributed by atoms with van der Waals surface area (Å²) in [4.78, 5) is 5.00. The molecule has 0 aromatic rings. The Morgan fingerprint density at radius 1 is 1.44 bits per heavy atom. The van der Waals surface area contributed by atoms with Gasteiger partial charge in [-0.3, -0.25) is 4.84 Å². The van der Waals surface area contributed by atoms with Gasteiger partial charge in [-0.1, -0.05) is 0 Å². The molecule has 0 aliphatic heterocycles. The smallest absolute Gasteiger partial charge is 0.181 e. The summed E-state index contributed by atoms with van der Waals surface area (Å²) in [7, 11) is 1.71. The van der Waals surface area contributed by atoms with Crippen LogP contribution in [0.15, 0.2) is 0 Å². The molecule has 0 aliphatic rings. The van der Waals surface area contributed by atoms with E-state index in [1.165, 1.54) is 0 Å². The molecule has 0 saturated carbocycles. The van der Waals surface area contributed by atoms with Crippen LogP contribution in [0.5, 0.6) is 0 Å². The molecular formula is C6H15NO2. The second-order valence-electron chi connectivity index (χ2n) is 2.14. The molecule has 0 bridgehead atoms. The van der Waals surface area contributed by atoms with Crippen LogP contribution in [0.3, 0.4) is 0 Å². The van der Waals surface area contributed by atoms with E-state index in [2.05, 4.69) is 5.48 Å². The number of rotatable bonds is 4. The van der Waals surface area contributed by atoms with Gasteiger partial charge in [-0.05, 0) is 20.8 Å². The molecule has 0 unspecified atom stereocenters. The fourth-order valence-corrected chi connectivity index (χ4v) is 0.623. The Balaban J connectivity index is 3.43. The van der Waals surface area contributed by atoms with E-state index in [1.54, 1.807) is 7.05 Å². The Morgan fingerprint density at radius 2 is 2.00 bits per heavy atom. The van der Waals surface area contributed by atoms with Crippen LogP contribution in [0, 0.1) is 0 Å². The first-order valence-corrected chi connectivity index (χ1v) is 3.11. The molecule has 0 atom stereocenters. The van der Waals surface area contributed by atoms with Gasteiger partial charge in [0.1, 0.15) is 0 Å². The maximum absolute atomic E-state index is 5.18. The summed E-state index contributed by atoms with van der Waals surface area (Å²) in [6, 6.07) is 0. The van der Waals surface area contributed by atoms with E-state index >= 15 is 0 Å². The lowest BCUT2D eigenvalue weighted by Crippen LogP contribution is -2.33. The lowest BCUT2D eigenvalue weighted by atomic mass is 10.4. The average molecular weight is 133 g/mol. The lowest BCUT2D eigenvalue weighted by molar-refractivity contribution is -0.239. The van der Waals surface area contributed by atoms with Crippen molar-refractivity contribution < 1.29 is 9.57 Å². The minimum atomic E-state index is -0.510. The molecule has 1 N–H and O–H groups in total. The first-order valence-electron chi connectivity index (χ1n) is 3.11. The molecule has 0 heterocycles. The highest BCUT2D eigenvalue weighted by molar-refractivity contribution is 4.49. The van der Waals surface area contributed by atoms with Crippen LogP contribution in [0.1, 0.15) is 20.8 Å². The molecule has 3 heteroatoms. The Kier molecular flexibility index (Phi) is 3.77. The summed E-state index contributed by atoms with van der Waals surface area (Å²) >= 11 is 0. The first-order chi connectivity index (χ1) is 4.12. The third-order valence-electron chi connectivity index (χ3n) is 0.840. The van der Waals surface area contributed by atoms with Gasteiger partial charge in [0.15, 0.2) is 5.79 Å². The zero-order valence-electron chi connectivity index (χ0n) is 6.52. The van der Waals surface area contributed by atoms with E-state index < -0.39 is 5.79 Å². The van der Waals surface area contributed by atoms with E-state index in [1.807, 2.05) is 20.8 Å². The van der Waals surface area contributed by atoms with Crippen molar-refractivity contribution in [1.82, 2.24) is 5.48 Å². The van der Waals surface area contributed by atoms with Crippen molar-refractivity contribution in [3.8, 4) is 0 Å². The molecule has 0 aromatic heterocycles. The van der Waals surface area contributed by atoms with Gasteiger partial charge in [-0.2, -0.15) is 0 Å². The number of hydrogen-bond donors (Lipinski definition) is 1. The van der Waals surface area contributed by atoms with Gasteiger partial charge in [0.05, 0.1) is 0 Å². The number of nitrogens with one attached hydrogen (secondary N) is 1. The van der Waals surface area contributed by atoms with Gasteiger partial charge >= 0.3 is 0 Å². The Morgan fingerprint density at radius 3 is 2.33 bits per heavy atom. The molecular weight excluding hydrogens is 118 g/mol. The molecule has 0 spiro atoms. The number of ether oxygens (including phenoxy) is 1. The van der Waals surface area contributed by atoms with Crippen LogP contribution in [-0.2, 0) is 9.57 Å². The van der Waals surface area contributed by atoms with Crippen LogP contribution in [0.4, 0.5) is 0 Å². The maximum Gasteiger partial charge on any atom is 0.181 e. The molecule has 9 heavy (non-hydrogen) atoms. The van der Waals surface area contributed by atoms with Gasteiger partial charge in [-0.15, -0.1) is 0 Å². The van der Waals surface area contributed by atoms with Crippen molar-refractivity contribution in [1.29, 1.82) is 0 Å². The summed E-state index contributed by atoms with van der Waals surface area (Å²) in [5.41, 5.74) is 2.57.